The van der Waals surface area contributed by atoms with E-state index in [-0.39, 0.29) is 24.7 Å². The third-order valence-electron chi connectivity index (χ3n) is 6.16. The number of nitrogens with one attached hydrogen (secondary N) is 2. The molecule has 0 aliphatic heterocycles. The Morgan fingerprint density at radius 3 is 2.10 bits per heavy atom. The van der Waals surface area contributed by atoms with E-state index in [2.05, 4.69) is 25.6 Å². The van der Waals surface area contributed by atoms with Crippen LogP contribution in [0, 0.1) is 5.82 Å². The quantitative estimate of drug-likeness (QED) is 0.178. The third-order valence-corrected chi connectivity index (χ3v) is 6.57. The Kier molecular flexibility index (Phi) is 10.3. The summed E-state index contributed by atoms with van der Waals surface area (Å²) in [6.07, 6.45) is 1.49. The predicted octanol–water partition coefficient (Wildman–Crippen LogP) is 3.85. The Labute approximate surface area is 237 Å². The van der Waals surface area contributed by atoms with Crippen molar-refractivity contribution in [1.29, 1.82) is 0 Å². The third kappa shape index (κ3) is 6.55. The van der Waals surface area contributed by atoms with Crippen LogP contribution in [0.3, 0.4) is 0 Å². The second-order valence-electron chi connectivity index (χ2n) is 8.71. The molecule has 0 unspecified atom stereocenters. The van der Waals surface area contributed by atoms with E-state index in [1.807, 2.05) is 18.2 Å². The number of aliphatic hydroxyl groups excluding tert-OH is 2. The molecule has 4 aromatic rings. The van der Waals surface area contributed by atoms with Crippen molar-refractivity contribution in [3.63, 3.8) is 0 Å². The topological polar surface area (TPSA) is 122 Å². The number of aliphatic hydroxyl groups is 2. The van der Waals surface area contributed by atoms with Gasteiger partial charge in [-0.15, -0.1) is 0 Å². The Hall–Kier alpha value is -3.67. The molecule has 0 aliphatic rings. The van der Waals surface area contributed by atoms with Crippen LogP contribution in [0.25, 0.3) is 33.6 Å². The highest BCUT2D eigenvalue weighted by Gasteiger charge is 2.19. The first-order valence-electron chi connectivity index (χ1n) is 12.7. The van der Waals surface area contributed by atoms with Gasteiger partial charge in [-0.3, -0.25) is 4.98 Å². The van der Waals surface area contributed by atoms with Crippen molar-refractivity contribution in [2.24, 2.45) is 0 Å². The maximum Gasteiger partial charge on any atom is 0.237 e. The van der Waals surface area contributed by atoms with Crippen LogP contribution >= 0.6 is 11.6 Å². The molecule has 0 fully saturated rings. The van der Waals surface area contributed by atoms with Crippen molar-refractivity contribution >= 4 is 11.6 Å². The Bertz CT molecular complexity index is 1350. The van der Waals surface area contributed by atoms with Crippen LogP contribution in [0.5, 0.6) is 11.8 Å². The van der Waals surface area contributed by atoms with Gasteiger partial charge in [-0.25, -0.2) is 14.4 Å². The smallest absolute Gasteiger partial charge is 0.237 e. The molecule has 0 aliphatic carbocycles. The largest absolute Gasteiger partial charge is 0.481 e. The fraction of sp³-hybridized carbons (Fsp3) is 0.276. The van der Waals surface area contributed by atoms with Gasteiger partial charge in [0, 0.05) is 54.0 Å². The van der Waals surface area contributed by atoms with Gasteiger partial charge in [0.15, 0.2) is 0 Å². The summed E-state index contributed by atoms with van der Waals surface area (Å²) in [4.78, 5) is 13.5. The van der Waals surface area contributed by atoms with E-state index in [1.165, 1.54) is 20.4 Å². The number of aromatic nitrogens is 3. The lowest BCUT2D eigenvalue weighted by Crippen LogP contribution is -2.19. The molecule has 210 valence electrons. The average Bonchev–Trinajstić information content (AvgIpc) is 2.98. The number of hydrogen-bond acceptors (Lipinski definition) is 9. The Balaban J connectivity index is 1.69. The number of rotatable bonds is 13. The normalized spacial score (nSPS) is 11.1. The van der Waals surface area contributed by atoms with Crippen LogP contribution < -0.4 is 20.1 Å². The summed E-state index contributed by atoms with van der Waals surface area (Å²) in [5.74, 6) is 0.197. The molecular weight excluding hydrogens is 537 g/mol. The van der Waals surface area contributed by atoms with Gasteiger partial charge in [0.05, 0.1) is 50.0 Å². The minimum absolute atomic E-state index is 0.00654. The average molecular weight is 568 g/mol. The molecule has 0 radical (unpaired) electrons. The van der Waals surface area contributed by atoms with Crippen LogP contribution in [0.1, 0.15) is 11.3 Å². The van der Waals surface area contributed by atoms with E-state index < -0.39 is 5.82 Å². The van der Waals surface area contributed by atoms with Gasteiger partial charge in [-0.1, -0.05) is 48.0 Å². The summed E-state index contributed by atoms with van der Waals surface area (Å²) in [5, 5.41) is 24.5. The molecule has 40 heavy (non-hydrogen) atoms. The van der Waals surface area contributed by atoms with Crippen molar-refractivity contribution in [2.75, 3.05) is 40.5 Å². The fourth-order valence-electron chi connectivity index (χ4n) is 4.21. The summed E-state index contributed by atoms with van der Waals surface area (Å²) < 4.78 is 26.9. The molecular formula is C29H31ClFN5O4. The summed E-state index contributed by atoms with van der Waals surface area (Å²) in [7, 11) is 3.01. The molecule has 11 heteroatoms. The zero-order chi connectivity index (χ0) is 28.5. The van der Waals surface area contributed by atoms with E-state index in [4.69, 9.17) is 31.3 Å². The number of halogens is 2. The summed E-state index contributed by atoms with van der Waals surface area (Å²) in [6.45, 7) is 1.71. The van der Waals surface area contributed by atoms with Gasteiger partial charge in [-0.05, 0) is 12.1 Å². The lowest BCUT2D eigenvalue weighted by atomic mass is 9.97. The van der Waals surface area contributed by atoms with Crippen molar-refractivity contribution in [3.8, 4) is 45.4 Å². The Morgan fingerprint density at radius 1 is 0.775 bits per heavy atom. The van der Waals surface area contributed by atoms with Gasteiger partial charge < -0.3 is 30.3 Å². The summed E-state index contributed by atoms with van der Waals surface area (Å²) >= 11 is 6.85. The standard InChI is InChI=1S/C29H31ClFN5O4/c1-39-28-18(15-32-11-13-37)9-10-23(35-28)21-7-3-5-19(26(21)30)20-6-4-8-22(27(20)31)24-17-34-25(16-33-12-14-38)29(36-24)40-2/h3-10,17,32-33,37-38H,11-16H2,1-2H3. The predicted molar refractivity (Wildman–Crippen MR) is 152 cm³/mol. The second-order valence-corrected chi connectivity index (χ2v) is 9.09. The molecule has 0 saturated heterocycles. The molecule has 4 N–H and O–H groups in total. The highest BCUT2D eigenvalue weighted by Crippen LogP contribution is 2.39. The molecule has 0 spiro atoms. The van der Waals surface area contributed by atoms with Gasteiger partial charge >= 0.3 is 0 Å². The van der Waals surface area contributed by atoms with E-state index >= 15 is 4.39 Å². The number of ether oxygens (including phenoxy) is 2. The highest BCUT2D eigenvalue weighted by atomic mass is 35.5. The molecule has 4 rings (SSSR count). The highest BCUT2D eigenvalue weighted by molar-refractivity contribution is 6.36. The van der Waals surface area contributed by atoms with Gasteiger partial charge in [0.1, 0.15) is 11.5 Å². The van der Waals surface area contributed by atoms with E-state index in [0.717, 1.165) is 5.56 Å². The molecule has 0 amide bonds. The van der Waals surface area contributed by atoms with Crippen LogP contribution in [-0.4, -0.2) is 65.7 Å². The first-order chi connectivity index (χ1) is 19.5. The minimum Gasteiger partial charge on any atom is -0.481 e. The van der Waals surface area contributed by atoms with E-state index in [9.17, 15) is 0 Å². The first kappa shape index (κ1) is 29.3. The van der Waals surface area contributed by atoms with Crippen molar-refractivity contribution in [3.05, 3.63) is 76.8 Å². The fourth-order valence-corrected chi connectivity index (χ4v) is 4.53. The lowest BCUT2D eigenvalue weighted by Gasteiger charge is -2.15. The molecule has 2 aromatic heterocycles. The molecule has 2 heterocycles. The molecule has 0 saturated carbocycles. The van der Waals surface area contributed by atoms with Gasteiger partial charge in [-0.2, -0.15) is 0 Å². The van der Waals surface area contributed by atoms with Crippen LogP contribution in [0.15, 0.2) is 54.7 Å². The van der Waals surface area contributed by atoms with E-state index in [1.54, 1.807) is 30.3 Å². The van der Waals surface area contributed by atoms with Crippen molar-refractivity contribution in [2.45, 2.75) is 13.1 Å². The van der Waals surface area contributed by atoms with E-state index in [0.29, 0.717) is 70.9 Å². The Morgan fingerprint density at radius 2 is 1.40 bits per heavy atom. The van der Waals surface area contributed by atoms with Crippen molar-refractivity contribution < 1.29 is 24.1 Å². The molecule has 0 bridgehead atoms. The number of hydrogen-bond donors (Lipinski definition) is 4. The zero-order valence-electron chi connectivity index (χ0n) is 22.2. The first-order valence-corrected chi connectivity index (χ1v) is 13.0. The monoisotopic (exact) mass is 567 g/mol. The number of nitrogens with zero attached hydrogens (tertiary/aromatic N) is 3. The number of benzene rings is 2. The summed E-state index contributed by atoms with van der Waals surface area (Å²) in [6, 6.07) is 14.1. The summed E-state index contributed by atoms with van der Waals surface area (Å²) in [5.41, 5.74) is 3.94. The van der Waals surface area contributed by atoms with Crippen LogP contribution in [0.4, 0.5) is 4.39 Å². The molecule has 2 aromatic carbocycles. The zero-order valence-corrected chi connectivity index (χ0v) is 23.0. The van der Waals surface area contributed by atoms with Gasteiger partial charge in [0.2, 0.25) is 11.8 Å². The molecule has 0 atom stereocenters. The second kappa shape index (κ2) is 14.1. The minimum atomic E-state index is -0.500. The van der Waals surface area contributed by atoms with Crippen LogP contribution in [0.2, 0.25) is 5.02 Å². The maximum atomic E-state index is 16.0. The molecule has 9 nitrogen and oxygen atoms in total. The number of pyridine rings is 1. The maximum absolute atomic E-state index is 16.0. The van der Waals surface area contributed by atoms with Crippen LogP contribution in [-0.2, 0) is 13.1 Å². The van der Waals surface area contributed by atoms with Gasteiger partial charge in [0.25, 0.3) is 0 Å². The SMILES string of the molecule is COc1nc(-c2cccc(-c3cccc(-c4cnc(CNCCO)c(OC)n4)c3F)c2Cl)ccc1CNCCO. The van der Waals surface area contributed by atoms with Crippen molar-refractivity contribution in [1.82, 2.24) is 25.6 Å². The lowest BCUT2D eigenvalue weighted by molar-refractivity contribution is 0.290. The number of methoxy groups -OCH3 is 2.